The molecular weight excluding hydrogens is 646 g/mol. The molecule has 15 heteroatoms. The van der Waals surface area contributed by atoms with Crippen molar-refractivity contribution in [3.05, 3.63) is 29.8 Å². The number of carbonyl (C=O) groups is 2. The predicted octanol–water partition coefficient (Wildman–Crippen LogP) is 2.57. The van der Waals surface area contributed by atoms with E-state index in [0.717, 1.165) is 6.29 Å². The number of rotatable bonds is 35. The molecule has 0 unspecified atom stereocenters. The van der Waals surface area contributed by atoms with Gasteiger partial charge in [-0.1, -0.05) is 0 Å². The first-order valence-electron chi connectivity index (χ1n) is 16.8. The second-order valence-electron chi connectivity index (χ2n) is 11.1. The number of alkyl carbamates (subject to hydrolysis) is 1. The normalized spacial score (nSPS) is 11.5. The van der Waals surface area contributed by atoms with E-state index in [2.05, 4.69) is 5.32 Å². The molecule has 0 aromatic heterocycles. The monoisotopic (exact) mass is 705 g/mol. The van der Waals surface area contributed by atoms with Crippen LogP contribution in [0.5, 0.6) is 5.75 Å². The van der Waals surface area contributed by atoms with Gasteiger partial charge in [0.2, 0.25) is 0 Å². The van der Waals surface area contributed by atoms with Crippen molar-refractivity contribution in [1.29, 1.82) is 0 Å². The molecule has 1 aromatic carbocycles. The minimum Gasteiger partial charge on any atom is -0.491 e. The maximum absolute atomic E-state index is 11.5. The zero-order chi connectivity index (χ0) is 35.5. The second-order valence-corrected chi connectivity index (χ2v) is 11.1. The summed E-state index contributed by atoms with van der Waals surface area (Å²) >= 11 is 0. The first-order valence-corrected chi connectivity index (χ1v) is 16.8. The molecule has 0 aliphatic rings. The average Bonchev–Trinajstić information content (AvgIpc) is 3.08. The number of nitrogens with one attached hydrogen (secondary N) is 1. The van der Waals surface area contributed by atoms with Gasteiger partial charge < -0.3 is 62.2 Å². The van der Waals surface area contributed by atoms with Crippen molar-refractivity contribution in [2.45, 2.75) is 26.4 Å². The number of aldehydes is 1. The molecule has 0 aliphatic heterocycles. The van der Waals surface area contributed by atoms with E-state index < -0.39 is 11.7 Å². The van der Waals surface area contributed by atoms with Gasteiger partial charge >= 0.3 is 6.09 Å². The molecule has 0 atom stereocenters. The molecule has 0 bridgehead atoms. The fraction of sp³-hybridized carbons (Fsp3) is 0.765. The molecule has 0 heterocycles. The molecule has 0 radical (unpaired) electrons. The number of hydrogen-bond acceptors (Lipinski definition) is 14. The van der Waals surface area contributed by atoms with E-state index in [1.165, 1.54) is 0 Å². The summed E-state index contributed by atoms with van der Waals surface area (Å²) in [6.07, 6.45) is 0.340. The van der Waals surface area contributed by atoms with Gasteiger partial charge in [0, 0.05) is 12.1 Å². The molecule has 0 saturated carbocycles. The van der Waals surface area contributed by atoms with Crippen molar-refractivity contribution in [2.24, 2.45) is 0 Å². The Morgan fingerprint density at radius 1 is 0.510 bits per heavy atom. The van der Waals surface area contributed by atoms with Crippen LogP contribution in [-0.4, -0.2) is 163 Å². The van der Waals surface area contributed by atoms with Gasteiger partial charge in [-0.25, -0.2) is 4.79 Å². The summed E-state index contributed by atoms with van der Waals surface area (Å²) in [5.74, 6) is 0.700. The van der Waals surface area contributed by atoms with E-state index >= 15 is 0 Å². The second kappa shape index (κ2) is 32.7. The van der Waals surface area contributed by atoms with Crippen LogP contribution in [0.2, 0.25) is 0 Å². The van der Waals surface area contributed by atoms with Crippen molar-refractivity contribution < 1.29 is 66.4 Å². The van der Waals surface area contributed by atoms with Crippen LogP contribution in [0.1, 0.15) is 31.1 Å². The zero-order valence-electron chi connectivity index (χ0n) is 29.7. The molecule has 49 heavy (non-hydrogen) atoms. The lowest BCUT2D eigenvalue weighted by molar-refractivity contribution is -0.0266. The first-order chi connectivity index (χ1) is 23.9. The fourth-order valence-electron chi connectivity index (χ4n) is 3.48. The van der Waals surface area contributed by atoms with Crippen LogP contribution in [0.25, 0.3) is 0 Å². The summed E-state index contributed by atoms with van der Waals surface area (Å²) in [5.41, 5.74) is 0.0998. The Hall–Kier alpha value is -2.44. The van der Waals surface area contributed by atoms with Gasteiger partial charge in [-0.2, -0.15) is 0 Å². The van der Waals surface area contributed by atoms with Crippen LogP contribution >= 0.6 is 0 Å². The van der Waals surface area contributed by atoms with E-state index in [4.69, 9.17) is 56.8 Å². The molecule has 1 amide bonds. The van der Waals surface area contributed by atoms with Gasteiger partial charge in [0.1, 0.15) is 24.2 Å². The number of ether oxygens (including phenoxy) is 12. The molecule has 15 nitrogen and oxygen atoms in total. The van der Waals surface area contributed by atoms with E-state index in [9.17, 15) is 9.59 Å². The molecule has 0 aliphatic carbocycles. The van der Waals surface area contributed by atoms with Crippen LogP contribution in [0, 0.1) is 0 Å². The highest BCUT2D eigenvalue weighted by Gasteiger charge is 2.15. The summed E-state index contributed by atoms with van der Waals surface area (Å²) in [6, 6.07) is 6.92. The maximum atomic E-state index is 11.5. The van der Waals surface area contributed by atoms with Crippen molar-refractivity contribution >= 4 is 12.4 Å². The maximum Gasteiger partial charge on any atom is 0.407 e. The first kappa shape index (κ1) is 44.6. The summed E-state index contributed by atoms with van der Waals surface area (Å²) in [5, 5.41) is 2.63. The topological polar surface area (TPSA) is 157 Å². The van der Waals surface area contributed by atoms with Crippen LogP contribution in [0.15, 0.2) is 24.3 Å². The summed E-state index contributed by atoms with van der Waals surface area (Å²) < 4.78 is 65.2. The lowest BCUT2D eigenvalue weighted by Gasteiger charge is -2.19. The molecule has 1 N–H and O–H groups in total. The molecule has 0 spiro atoms. The Labute approximate surface area is 291 Å². The Balaban J connectivity index is 1.65. The molecule has 0 fully saturated rings. The summed E-state index contributed by atoms with van der Waals surface area (Å²) in [7, 11) is 0. The van der Waals surface area contributed by atoms with Crippen LogP contribution in [0.4, 0.5) is 4.79 Å². The van der Waals surface area contributed by atoms with Gasteiger partial charge in [0.05, 0.1) is 132 Å². The highest BCUT2D eigenvalue weighted by molar-refractivity contribution is 5.74. The molecule has 284 valence electrons. The third-order valence-corrected chi connectivity index (χ3v) is 5.78. The quantitative estimate of drug-likeness (QED) is 0.0812. The van der Waals surface area contributed by atoms with E-state index in [1.54, 1.807) is 24.3 Å². The standard InChI is InChI=1S/C34H59NO14/c1-34(2,3)49-33(37)35-8-9-38-10-11-39-12-13-40-14-15-41-16-17-42-18-19-43-20-21-44-22-23-45-24-25-46-26-27-47-28-29-48-32-6-4-31(30-36)5-7-32/h4-7,30H,8-29H2,1-3H3,(H,35,37). The molecular formula is C34H59NO14. The van der Waals surface area contributed by atoms with Gasteiger partial charge in [0.15, 0.2) is 0 Å². The Kier molecular flexibility index (Phi) is 29.8. The van der Waals surface area contributed by atoms with Crippen LogP contribution in [0.3, 0.4) is 0 Å². The van der Waals surface area contributed by atoms with Gasteiger partial charge in [-0.3, -0.25) is 4.79 Å². The van der Waals surface area contributed by atoms with E-state index in [1.807, 2.05) is 20.8 Å². The summed E-state index contributed by atoms with van der Waals surface area (Å²) in [4.78, 5) is 22.1. The number of benzene rings is 1. The van der Waals surface area contributed by atoms with Gasteiger partial charge in [0.25, 0.3) is 0 Å². The highest BCUT2D eigenvalue weighted by atomic mass is 16.6. The fourth-order valence-corrected chi connectivity index (χ4v) is 3.48. The molecule has 0 saturated heterocycles. The lowest BCUT2D eigenvalue weighted by atomic mass is 10.2. The predicted molar refractivity (Wildman–Crippen MR) is 180 cm³/mol. The molecule has 1 aromatic rings. The van der Waals surface area contributed by atoms with Crippen molar-refractivity contribution in [2.75, 3.05) is 145 Å². The number of amides is 1. The Bertz CT molecular complexity index is 885. The lowest BCUT2D eigenvalue weighted by Crippen LogP contribution is -2.34. The number of hydrogen-bond donors (Lipinski definition) is 1. The Morgan fingerprint density at radius 3 is 1.12 bits per heavy atom. The largest absolute Gasteiger partial charge is 0.491 e. The zero-order valence-corrected chi connectivity index (χ0v) is 29.7. The van der Waals surface area contributed by atoms with Crippen molar-refractivity contribution in [1.82, 2.24) is 5.32 Å². The minimum atomic E-state index is -0.515. The van der Waals surface area contributed by atoms with Gasteiger partial charge in [-0.15, -0.1) is 0 Å². The SMILES string of the molecule is CC(C)(C)OC(=O)NCCOCCOCCOCCOCCOCCOCCOCCOCCOCCOCCOc1ccc(C=O)cc1. The third kappa shape index (κ3) is 32.5. The smallest absolute Gasteiger partial charge is 0.407 e. The van der Waals surface area contributed by atoms with Crippen LogP contribution < -0.4 is 10.1 Å². The van der Waals surface area contributed by atoms with E-state index in [-0.39, 0.29) is 0 Å². The van der Waals surface area contributed by atoms with Crippen molar-refractivity contribution in [3.8, 4) is 5.75 Å². The summed E-state index contributed by atoms with van der Waals surface area (Å²) in [6.45, 7) is 15.7. The highest BCUT2D eigenvalue weighted by Crippen LogP contribution is 2.10. The average molecular weight is 706 g/mol. The van der Waals surface area contributed by atoms with Crippen LogP contribution in [-0.2, 0) is 52.1 Å². The van der Waals surface area contributed by atoms with Gasteiger partial charge in [-0.05, 0) is 45.0 Å². The molecule has 1 rings (SSSR count). The Morgan fingerprint density at radius 2 is 0.816 bits per heavy atom. The van der Waals surface area contributed by atoms with Crippen molar-refractivity contribution in [3.63, 3.8) is 0 Å². The minimum absolute atomic E-state index is 0.379. The number of carbonyl (C=O) groups excluding carboxylic acids is 2. The third-order valence-electron chi connectivity index (χ3n) is 5.78. The van der Waals surface area contributed by atoms with E-state index in [0.29, 0.717) is 157 Å².